The lowest BCUT2D eigenvalue weighted by atomic mass is 10.2. The Morgan fingerprint density at radius 1 is 1.40 bits per heavy atom. The molecule has 0 amide bonds. The minimum atomic E-state index is -0.274. The summed E-state index contributed by atoms with van der Waals surface area (Å²) in [6.07, 6.45) is 0. The van der Waals surface area contributed by atoms with Gasteiger partial charge in [0.1, 0.15) is 13.2 Å². The molecule has 0 bridgehead atoms. The van der Waals surface area contributed by atoms with Crippen molar-refractivity contribution in [2.24, 2.45) is 0 Å². The zero-order chi connectivity index (χ0) is 11.3. The largest absolute Gasteiger partial charge is 0.456 e. The predicted molar refractivity (Wildman–Crippen MR) is 62.1 cm³/mol. The highest BCUT2D eigenvalue weighted by molar-refractivity contribution is 9.10. The highest BCUT2D eigenvalue weighted by Gasteiger charge is 2.10. The SMILES string of the molecule is C[NH+](C)CCOC(=O)c1ccccc1Br. The molecule has 0 radical (unpaired) electrons. The fraction of sp³-hybridized carbons (Fsp3) is 0.364. The van der Waals surface area contributed by atoms with Gasteiger partial charge in [-0.1, -0.05) is 12.1 Å². The first-order valence-corrected chi connectivity index (χ1v) is 5.61. The van der Waals surface area contributed by atoms with Crippen LogP contribution in [0.1, 0.15) is 10.4 Å². The Balaban J connectivity index is 2.51. The maximum Gasteiger partial charge on any atom is 0.339 e. The van der Waals surface area contributed by atoms with Gasteiger partial charge in [0, 0.05) is 4.47 Å². The Morgan fingerprint density at radius 2 is 2.07 bits per heavy atom. The Hall–Kier alpha value is -0.870. The van der Waals surface area contributed by atoms with Crippen molar-refractivity contribution in [1.82, 2.24) is 0 Å². The quantitative estimate of drug-likeness (QED) is 0.821. The Morgan fingerprint density at radius 3 is 2.67 bits per heavy atom. The van der Waals surface area contributed by atoms with E-state index in [0.717, 1.165) is 11.0 Å². The summed E-state index contributed by atoms with van der Waals surface area (Å²) in [5.74, 6) is -0.274. The van der Waals surface area contributed by atoms with E-state index in [2.05, 4.69) is 15.9 Å². The van der Waals surface area contributed by atoms with Crippen LogP contribution in [0.3, 0.4) is 0 Å². The number of carbonyl (C=O) groups excluding carboxylic acids is 1. The molecular formula is C11H15BrNO2+. The van der Waals surface area contributed by atoms with Crippen molar-refractivity contribution < 1.29 is 14.4 Å². The lowest BCUT2D eigenvalue weighted by Gasteiger charge is -2.08. The lowest BCUT2D eigenvalue weighted by Crippen LogP contribution is -3.06. The van der Waals surface area contributed by atoms with E-state index in [-0.39, 0.29) is 5.97 Å². The second-order valence-electron chi connectivity index (χ2n) is 3.57. The molecule has 15 heavy (non-hydrogen) atoms. The highest BCUT2D eigenvalue weighted by Crippen LogP contribution is 2.16. The van der Waals surface area contributed by atoms with Crippen LogP contribution in [0.15, 0.2) is 28.7 Å². The summed E-state index contributed by atoms with van der Waals surface area (Å²) in [6, 6.07) is 7.26. The fourth-order valence-corrected chi connectivity index (χ4v) is 1.50. The summed E-state index contributed by atoms with van der Waals surface area (Å²) in [5, 5.41) is 0. The normalized spacial score (nSPS) is 10.4. The van der Waals surface area contributed by atoms with Crippen molar-refractivity contribution in [3.8, 4) is 0 Å². The monoisotopic (exact) mass is 272 g/mol. The molecule has 0 saturated heterocycles. The number of nitrogens with one attached hydrogen (secondary N) is 1. The van der Waals surface area contributed by atoms with Crippen LogP contribution in [0.25, 0.3) is 0 Å². The van der Waals surface area contributed by atoms with Gasteiger partial charge in [-0.05, 0) is 28.1 Å². The summed E-state index contributed by atoms with van der Waals surface area (Å²) >= 11 is 3.31. The smallest absolute Gasteiger partial charge is 0.339 e. The van der Waals surface area contributed by atoms with Gasteiger partial charge in [0.25, 0.3) is 0 Å². The van der Waals surface area contributed by atoms with E-state index in [0.29, 0.717) is 12.2 Å². The van der Waals surface area contributed by atoms with Gasteiger partial charge in [-0.15, -0.1) is 0 Å². The van der Waals surface area contributed by atoms with Crippen LogP contribution in [0.4, 0.5) is 0 Å². The third kappa shape index (κ3) is 4.01. The second-order valence-corrected chi connectivity index (χ2v) is 4.43. The molecule has 0 saturated carbocycles. The first kappa shape index (κ1) is 12.2. The van der Waals surface area contributed by atoms with E-state index in [1.165, 1.54) is 4.90 Å². The summed E-state index contributed by atoms with van der Waals surface area (Å²) in [4.78, 5) is 12.8. The van der Waals surface area contributed by atoms with E-state index >= 15 is 0 Å². The van der Waals surface area contributed by atoms with Crippen LogP contribution in [0.5, 0.6) is 0 Å². The van der Waals surface area contributed by atoms with Crippen molar-refractivity contribution in [2.75, 3.05) is 27.2 Å². The molecule has 82 valence electrons. The van der Waals surface area contributed by atoms with Crippen LogP contribution >= 0.6 is 15.9 Å². The minimum Gasteiger partial charge on any atom is -0.456 e. The third-order valence-corrected chi connectivity index (χ3v) is 2.62. The van der Waals surface area contributed by atoms with Crippen LogP contribution < -0.4 is 4.90 Å². The Kier molecular flexibility index (Phi) is 4.78. The number of hydrogen-bond acceptors (Lipinski definition) is 2. The van der Waals surface area contributed by atoms with Crippen LogP contribution in [0, 0.1) is 0 Å². The molecule has 0 fully saturated rings. The first-order valence-electron chi connectivity index (χ1n) is 4.82. The van der Waals surface area contributed by atoms with Crippen LogP contribution in [0.2, 0.25) is 0 Å². The standard InChI is InChI=1S/C11H14BrNO2/c1-13(2)7-8-15-11(14)9-5-3-4-6-10(9)12/h3-6H,7-8H2,1-2H3/p+1. The molecule has 0 aromatic heterocycles. The minimum absolute atomic E-state index is 0.274. The van der Waals surface area contributed by atoms with Gasteiger partial charge in [-0.2, -0.15) is 0 Å². The Labute approximate surface area is 98.2 Å². The lowest BCUT2D eigenvalue weighted by molar-refractivity contribution is -0.858. The summed E-state index contributed by atoms with van der Waals surface area (Å²) in [7, 11) is 4.04. The Bertz CT molecular complexity index is 339. The predicted octanol–water partition coefficient (Wildman–Crippen LogP) is 0.750. The van der Waals surface area contributed by atoms with Gasteiger partial charge >= 0.3 is 5.97 Å². The average Bonchev–Trinajstić information content (AvgIpc) is 2.17. The van der Waals surface area contributed by atoms with Gasteiger partial charge in [0.2, 0.25) is 0 Å². The molecule has 1 N–H and O–H groups in total. The molecule has 0 spiro atoms. The first-order chi connectivity index (χ1) is 7.11. The molecule has 0 unspecified atom stereocenters. The molecule has 1 aromatic carbocycles. The number of esters is 1. The number of hydrogen-bond donors (Lipinski definition) is 1. The zero-order valence-electron chi connectivity index (χ0n) is 8.92. The summed E-state index contributed by atoms with van der Waals surface area (Å²) in [5.41, 5.74) is 0.575. The molecule has 0 heterocycles. The number of benzene rings is 1. The maximum atomic E-state index is 11.6. The number of halogens is 1. The van der Waals surface area contributed by atoms with Gasteiger partial charge in [0.05, 0.1) is 19.7 Å². The number of quaternary nitrogens is 1. The second kappa shape index (κ2) is 5.88. The molecule has 0 aliphatic carbocycles. The number of carbonyl (C=O) groups is 1. The third-order valence-electron chi connectivity index (χ3n) is 1.93. The van der Waals surface area contributed by atoms with Crippen molar-refractivity contribution in [3.05, 3.63) is 34.3 Å². The fourth-order valence-electron chi connectivity index (χ4n) is 1.05. The van der Waals surface area contributed by atoms with E-state index in [1.54, 1.807) is 6.07 Å². The average molecular weight is 273 g/mol. The van der Waals surface area contributed by atoms with Gasteiger partial charge in [-0.3, -0.25) is 0 Å². The molecule has 3 nitrogen and oxygen atoms in total. The number of likely N-dealkylation sites (N-methyl/N-ethyl adjacent to an activating group) is 1. The summed E-state index contributed by atoms with van der Waals surface area (Å²) in [6.45, 7) is 1.26. The zero-order valence-corrected chi connectivity index (χ0v) is 10.5. The number of ether oxygens (including phenoxy) is 1. The highest BCUT2D eigenvalue weighted by atomic mass is 79.9. The molecule has 0 aliphatic heterocycles. The maximum absolute atomic E-state index is 11.6. The molecule has 0 atom stereocenters. The van der Waals surface area contributed by atoms with Gasteiger partial charge < -0.3 is 9.64 Å². The van der Waals surface area contributed by atoms with E-state index in [1.807, 2.05) is 32.3 Å². The molecule has 4 heteroatoms. The van der Waals surface area contributed by atoms with Crippen molar-refractivity contribution >= 4 is 21.9 Å². The van der Waals surface area contributed by atoms with E-state index in [4.69, 9.17) is 4.74 Å². The van der Waals surface area contributed by atoms with E-state index in [9.17, 15) is 4.79 Å². The molecular weight excluding hydrogens is 258 g/mol. The van der Waals surface area contributed by atoms with Crippen LogP contribution in [-0.4, -0.2) is 33.2 Å². The number of rotatable bonds is 4. The van der Waals surface area contributed by atoms with Crippen molar-refractivity contribution in [2.45, 2.75) is 0 Å². The van der Waals surface area contributed by atoms with Crippen LogP contribution in [-0.2, 0) is 4.74 Å². The van der Waals surface area contributed by atoms with E-state index < -0.39 is 0 Å². The van der Waals surface area contributed by atoms with Crippen molar-refractivity contribution in [3.63, 3.8) is 0 Å². The van der Waals surface area contributed by atoms with Crippen molar-refractivity contribution in [1.29, 1.82) is 0 Å². The topological polar surface area (TPSA) is 30.7 Å². The summed E-state index contributed by atoms with van der Waals surface area (Å²) < 4.78 is 5.90. The molecule has 0 aliphatic rings. The van der Waals surface area contributed by atoms with Gasteiger partial charge in [0.15, 0.2) is 0 Å². The van der Waals surface area contributed by atoms with Gasteiger partial charge in [-0.25, -0.2) is 4.79 Å². The molecule has 1 aromatic rings. The molecule has 1 rings (SSSR count).